The third-order valence-corrected chi connectivity index (χ3v) is 2.28. The number of nitrogens with two attached hydrogens (primary N) is 1. The average Bonchev–Trinajstić information content (AvgIpc) is 2.20. The Morgan fingerprint density at radius 2 is 2.00 bits per heavy atom. The molecule has 0 saturated heterocycles. The Morgan fingerprint density at radius 3 is 2.46 bits per heavy atom. The summed E-state index contributed by atoms with van der Waals surface area (Å²) in [7, 11) is 0. The fourth-order valence-corrected chi connectivity index (χ4v) is 1.34. The van der Waals surface area contributed by atoms with Crippen LogP contribution in [-0.2, 0) is 0 Å². The maximum Gasteiger partial charge on any atom is 0.103 e. The van der Waals surface area contributed by atoms with Crippen LogP contribution in [0.4, 0.5) is 0 Å². The van der Waals surface area contributed by atoms with Crippen molar-refractivity contribution in [2.24, 2.45) is 5.73 Å². The Bertz CT molecular complexity index is 349. The smallest absolute Gasteiger partial charge is 0.103 e. The quantitative estimate of drug-likeness (QED) is 0.727. The average molecular weight is 190 g/mol. The molecular weight excluding hydrogens is 180 g/mol. The van der Waals surface area contributed by atoms with E-state index in [-0.39, 0.29) is 0 Å². The number of nitriles is 1. The zero-order valence-electron chi connectivity index (χ0n) is 7.32. The summed E-state index contributed by atoms with van der Waals surface area (Å²) in [6.07, 6.45) is 1.86. The second kappa shape index (κ2) is 4.58. The second-order valence-corrected chi connectivity index (χ2v) is 3.27. The van der Waals surface area contributed by atoms with Crippen LogP contribution < -0.4 is 5.73 Å². The third kappa shape index (κ3) is 2.27. The van der Waals surface area contributed by atoms with Gasteiger partial charge in [-0.1, -0.05) is 30.3 Å². The summed E-state index contributed by atoms with van der Waals surface area (Å²) < 4.78 is 0. The van der Waals surface area contributed by atoms with Gasteiger partial charge < -0.3 is 5.73 Å². The van der Waals surface area contributed by atoms with Crippen LogP contribution in [0.3, 0.4) is 0 Å². The van der Waals surface area contributed by atoms with Gasteiger partial charge in [0.25, 0.3) is 0 Å². The lowest BCUT2D eigenvalue weighted by Gasteiger charge is -2.01. The minimum absolute atomic E-state index is 0.549. The minimum atomic E-state index is 0.549. The van der Waals surface area contributed by atoms with Gasteiger partial charge in [0.2, 0.25) is 0 Å². The van der Waals surface area contributed by atoms with Gasteiger partial charge in [-0.05, 0) is 11.8 Å². The van der Waals surface area contributed by atoms with Gasteiger partial charge in [0.15, 0.2) is 0 Å². The molecule has 0 aromatic heterocycles. The predicted octanol–water partition coefficient (Wildman–Crippen LogP) is 2.20. The molecule has 0 unspecified atom stereocenters. The van der Waals surface area contributed by atoms with Crippen LogP contribution in [0, 0.1) is 11.3 Å². The van der Waals surface area contributed by atoms with Crippen LogP contribution in [0.25, 0.3) is 5.57 Å². The van der Waals surface area contributed by atoms with Gasteiger partial charge in [-0.2, -0.15) is 5.26 Å². The molecule has 0 spiro atoms. The van der Waals surface area contributed by atoms with Crippen molar-refractivity contribution in [1.82, 2.24) is 0 Å². The SMILES string of the molecule is CS/C(N)=C(/C#N)c1ccccc1. The summed E-state index contributed by atoms with van der Waals surface area (Å²) in [5.74, 6) is 0. The molecule has 0 amide bonds. The van der Waals surface area contributed by atoms with Crippen molar-refractivity contribution in [3.8, 4) is 6.07 Å². The van der Waals surface area contributed by atoms with Crippen LogP contribution in [0.2, 0.25) is 0 Å². The van der Waals surface area contributed by atoms with Gasteiger partial charge in [0, 0.05) is 0 Å². The molecule has 0 heterocycles. The zero-order chi connectivity index (χ0) is 9.68. The first-order chi connectivity index (χ1) is 6.29. The monoisotopic (exact) mass is 190 g/mol. The molecule has 13 heavy (non-hydrogen) atoms. The Kier molecular flexibility index (Phi) is 3.41. The highest BCUT2D eigenvalue weighted by Crippen LogP contribution is 2.20. The zero-order valence-corrected chi connectivity index (χ0v) is 8.14. The first-order valence-corrected chi connectivity index (χ1v) is 5.01. The van der Waals surface area contributed by atoms with E-state index in [0.717, 1.165) is 5.56 Å². The molecule has 0 atom stereocenters. The van der Waals surface area contributed by atoms with Crippen molar-refractivity contribution in [2.45, 2.75) is 0 Å². The molecule has 0 aliphatic rings. The summed E-state index contributed by atoms with van der Waals surface area (Å²) in [6.45, 7) is 0. The molecule has 0 saturated carbocycles. The van der Waals surface area contributed by atoms with Gasteiger partial charge in [-0.25, -0.2) is 0 Å². The molecule has 3 heteroatoms. The summed E-state index contributed by atoms with van der Waals surface area (Å²) in [4.78, 5) is 0. The van der Waals surface area contributed by atoms with E-state index in [2.05, 4.69) is 6.07 Å². The highest BCUT2D eigenvalue weighted by atomic mass is 32.2. The van der Waals surface area contributed by atoms with E-state index in [1.807, 2.05) is 36.6 Å². The summed E-state index contributed by atoms with van der Waals surface area (Å²) in [5.41, 5.74) is 7.10. The van der Waals surface area contributed by atoms with E-state index in [1.54, 1.807) is 0 Å². The van der Waals surface area contributed by atoms with E-state index in [4.69, 9.17) is 11.0 Å². The Labute approximate surface area is 82.1 Å². The van der Waals surface area contributed by atoms with Crippen molar-refractivity contribution >= 4 is 17.3 Å². The fourth-order valence-electron chi connectivity index (χ4n) is 0.969. The first-order valence-electron chi connectivity index (χ1n) is 3.79. The molecule has 2 nitrogen and oxygen atoms in total. The normalized spacial score (nSPS) is 11.7. The number of rotatable bonds is 2. The highest BCUT2D eigenvalue weighted by Gasteiger charge is 2.03. The lowest BCUT2D eigenvalue weighted by molar-refractivity contribution is 1.48. The Balaban J connectivity index is 3.15. The highest BCUT2D eigenvalue weighted by molar-refractivity contribution is 8.02. The summed E-state index contributed by atoms with van der Waals surface area (Å²) >= 11 is 1.39. The van der Waals surface area contributed by atoms with Crippen LogP contribution >= 0.6 is 11.8 Å². The van der Waals surface area contributed by atoms with Gasteiger partial charge in [-0.3, -0.25) is 0 Å². The van der Waals surface area contributed by atoms with Gasteiger partial charge in [0.1, 0.15) is 6.07 Å². The van der Waals surface area contributed by atoms with Crippen LogP contribution in [0.1, 0.15) is 5.56 Å². The number of hydrogen-bond donors (Lipinski definition) is 1. The fraction of sp³-hybridized carbons (Fsp3) is 0.100. The van der Waals surface area contributed by atoms with Crippen LogP contribution in [0.15, 0.2) is 35.4 Å². The number of hydrogen-bond acceptors (Lipinski definition) is 3. The third-order valence-electron chi connectivity index (χ3n) is 1.64. The van der Waals surface area contributed by atoms with Crippen LogP contribution in [-0.4, -0.2) is 6.26 Å². The van der Waals surface area contributed by atoms with Crippen molar-refractivity contribution < 1.29 is 0 Å². The van der Waals surface area contributed by atoms with Crippen molar-refractivity contribution in [3.63, 3.8) is 0 Å². The molecule has 0 bridgehead atoms. The molecule has 1 aromatic rings. The van der Waals surface area contributed by atoms with Crippen LogP contribution in [0.5, 0.6) is 0 Å². The van der Waals surface area contributed by atoms with Crippen molar-refractivity contribution in [1.29, 1.82) is 5.26 Å². The number of allylic oxidation sites excluding steroid dienone is 1. The summed E-state index contributed by atoms with van der Waals surface area (Å²) in [5, 5.41) is 9.44. The predicted molar refractivity (Wildman–Crippen MR) is 56.7 cm³/mol. The molecule has 0 aliphatic heterocycles. The number of nitrogens with zero attached hydrogens (tertiary/aromatic N) is 1. The molecule has 2 N–H and O–H groups in total. The maximum atomic E-state index is 8.88. The molecule has 0 radical (unpaired) electrons. The van der Waals surface area contributed by atoms with E-state index in [0.29, 0.717) is 10.6 Å². The maximum absolute atomic E-state index is 8.88. The Hall–Kier alpha value is -1.40. The molecule has 1 rings (SSSR count). The van der Waals surface area contributed by atoms with Gasteiger partial charge in [0.05, 0.1) is 10.6 Å². The lowest BCUT2D eigenvalue weighted by Crippen LogP contribution is -1.96. The van der Waals surface area contributed by atoms with E-state index < -0.39 is 0 Å². The van der Waals surface area contributed by atoms with E-state index >= 15 is 0 Å². The van der Waals surface area contributed by atoms with E-state index in [9.17, 15) is 0 Å². The Morgan fingerprint density at radius 1 is 1.38 bits per heavy atom. The number of benzene rings is 1. The number of thioether (sulfide) groups is 1. The standard InChI is InChI=1S/C10H10N2S/c1-13-10(12)9(7-11)8-5-3-2-4-6-8/h2-6H,12H2,1H3/b10-9-. The van der Waals surface area contributed by atoms with Crippen molar-refractivity contribution in [2.75, 3.05) is 6.26 Å². The minimum Gasteiger partial charge on any atom is -0.392 e. The summed E-state index contributed by atoms with van der Waals surface area (Å²) in [6, 6.07) is 11.5. The first kappa shape index (κ1) is 9.69. The largest absolute Gasteiger partial charge is 0.392 e. The molecule has 0 fully saturated rings. The second-order valence-electron chi connectivity index (χ2n) is 2.42. The van der Waals surface area contributed by atoms with Crippen molar-refractivity contribution in [3.05, 3.63) is 40.9 Å². The van der Waals surface area contributed by atoms with E-state index in [1.165, 1.54) is 11.8 Å². The van der Waals surface area contributed by atoms with Gasteiger partial charge >= 0.3 is 0 Å². The molecule has 66 valence electrons. The topological polar surface area (TPSA) is 49.8 Å². The van der Waals surface area contributed by atoms with Gasteiger partial charge in [-0.15, -0.1) is 11.8 Å². The molecule has 0 aliphatic carbocycles. The lowest BCUT2D eigenvalue weighted by atomic mass is 10.1. The molecular formula is C10H10N2S. The molecule has 1 aromatic carbocycles.